The van der Waals surface area contributed by atoms with Gasteiger partial charge in [-0.05, 0) is 26.2 Å². The number of benzene rings is 1. The summed E-state index contributed by atoms with van der Waals surface area (Å²) in [4.78, 5) is 6.78. The number of hydrogen-bond donors (Lipinski definition) is 1. The van der Waals surface area contributed by atoms with Gasteiger partial charge in [-0.1, -0.05) is 12.1 Å². The zero-order chi connectivity index (χ0) is 12.3. The van der Waals surface area contributed by atoms with E-state index in [2.05, 4.69) is 53.0 Å². The van der Waals surface area contributed by atoms with Crippen molar-refractivity contribution in [1.82, 2.24) is 19.8 Å². The molecule has 0 radical (unpaired) electrons. The van der Waals surface area contributed by atoms with Crippen LogP contribution in [0.3, 0.4) is 0 Å². The van der Waals surface area contributed by atoms with E-state index in [1.807, 2.05) is 12.1 Å². The van der Waals surface area contributed by atoms with Gasteiger partial charge in [0.15, 0.2) is 0 Å². The smallest absolute Gasteiger partial charge is 0.123 e. The molecule has 0 aliphatic heterocycles. The normalized spacial score (nSPS) is 11.5. The van der Waals surface area contributed by atoms with Gasteiger partial charge in [-0.2, -0.15) is 0 Å². The molecule has 0 bridgehead atoms. The molecular weight excluding hydrogens is 212 g/mol. The number of imidazole rings is 1. The van der Waals surface area contributed by atoms with Crippen LogP contribution in [0.15, 0.2) is 24.3 Å². The number of fused-ring (bicyclic) bond motifs is 1. The Morgan fingerprint density at radius 2 is 2.06 bits per heavy atom. The van der Waals surface area contributed by atoms with Gasteiger partial charge in [0.25, 0.3) is 0 Å². The average Bonchev–Trinajstić information content (AvgIpc) is 2.63. The predicted octanol–water partition coefficient (Wildman–Crippen LogP) is 1.22. The molecule has 0 saturated heterocycles. The van der Waals surface area contributed by atoms with Crippen LogP contribution in [0, 0.1) is 0 Å². The van der Waals surface area contributed by atoms with Crippen LogP contribution in [-0.4, -0.2) is 41.6 Å². The third kappa shape index (κ3) is 2.84. The zero-order valence-electron chi connectivity index (χ0n) is 10.8. The van der Waals surface area contributed by atoms with Gasteiger partial charge in [0.2, 0.25) is 0 Å². The summed E-state index contributed by atoms with van der Waals surface area (Å²) in [6.45, 7) is 2.85. The van der Waals surface area contributed by atoms with Crippen LogP contribution in [0.5, 0.6) is 0 Å². The third-order valence-corrected chi connectivity index (χ3v) is 2.90. The summed E-state index contributed by atoms with van der Waals surface area (Å²) in [5.41, 5.74) is 2.26. The minimum absolute atomic E-state index is 0.818. The molecule has 0 spiro atoms. The molecule has 92 valence electrons. The number of hydrogen-bond acceptors (Lipinski definition) is 3. The van der Waals surface area contributed by atoms with Crippen molar-refractivity contribution in [2.24, 2.45) is 7.05 Å². The number of rotatable bonds is 5. The van der Waals surface area contributed by atoms with Crippen molar-refractivity contribution >= 4 is 11.0 Å². The van der Waals surface area contributed by atoms with E-state index in [0.717, 1.165) is 31.0 Å². The molecule has 2 rings (SSSR count). The lowest BCUT2D eigenvalue weighted by Crippen LogP contribution is -2.27. The van der Waals surface area contributed by atoms with Crippen LogP contribution in [-0.2, 0) is 13.6 Å². The Hall–Kier alpha value is -1.39. The Morgan fingerprint density at radius 1 is 1.29 bits per heavy atom. The van der Waals surface area contributed by atoms with Gasteiger partial charge in [-0.15, -0.1) is 0 Å². The van der Waals surface area contributed by atoms with Crippen LogP contribution in [0.25, 0.3) is 11.0 Å². The number of aryl methyl sites for hydroxylation is 1. The van der Waals surface area contributed by atoms with E-state index >= 15 is 0 Å². The number of para-hydroxylation sites is 2. The van der Waals surface area contributed by atoms with E-state index in [1.165, 1.54) is 5.52 Å². The van der Waals surface area contributed by atoms with Crippen LogP contribution in [0.1, 0.15) is 5.82 Å². The molecule has 4 nitrogen and oxygen atoms in total. The first kappa shape index (κ1) is 12.1. The van der Waals surface area contributed by atoms with E-state index in [4.69, 9.17) is 0 Å². The second-order valence-corrected chi connectivity index (χ2v) is 4.56. The zero-order valence-corrected chi connectivity index (χ0v) is 10.8. The molecule has 0 unspecified atom stereocenters. The molecular formula is C13H20N4. The summed E-state index contributed by atoms with van der Waals surface area (Å²) in [5, 5.41) is 3.41. The lowest BCUT2D eigenvalue weighted by atomic mass is 10.3. The maximum absolute atomic E-state index is 4.62. The first-order chi connectivity index (χ1) is 8.18. The molecule has 0 atom stereocenters. The maximum Gasteiger partial charge on any atom is 0.123 e. The molecule has 0 aliphatic carbocycles. The highest BCUT2D eigenvalue weighted by molar-refractivity contribution is 5.75. The van der Waals surface area contributed by atoms with E-state index in [1.54, 1.807) is 0 Å². The van der Waals surface area contributed by atoms with Gasteiger partial charge < -0.3 is 14.8 Å². The Labute approximate surface area is 102 Å². The average molecular weight is 232 g/mol. The minimum Gasteiger partial charge on any atom is -0.330 e. The van der Waals surface area contributed by atoms with Gasteiger partial charge >= 0.3 is 0 Å². The number of likely N-dealkylation sites (N-methyl/N-ethyl adjacent to an activating group) is 1. The molecule has 1 N–H and O–H groups in total. The second-order valence-electron chi connectivity index (χ2n) is 4.56. The fourth-order valence-corrected chi connectivity index (χ4v) is 1.86. The Bertz CT molecular complexity index is 487. The Morgan fingerprint density at radius 3 is 2.76 bits per heavy atom. The van der Waals surface area contributed by atoms with Crippen LogP contribution in [0.4, 0.5) is 0 Å². The van der Waals surface area contributed by atoms with Gasteiger partial charge in [-0.25, -0.2) is 4.98 Å². The lowest BCUT2D eigenvalue weighted by molar-refractivity contribution is 0.398. The summed E-state index contributed by atoms with van der Waals surface area (Å²) in [6.07, 6.45) is 0. The van der Waals surface area contributed by atoms with Crippen molar-refractivity contribution in [3.05, 3.63) is 30.1 Å². The highest BCUT2D eigenvalue weighted by atomic mass is 15.1. The predicted molar refractivity (Wildman–Crippen MR) is 71.0 cm³/mol. The topological polar surface area (TPSA) is 33.1 Å². The fraction of sp³-hybridized carbons (Fsp3) is 0.462. The SMILES string of the molecule is CN(C)CCNCc1nc2ccccc2n1C. The second kappa shape index (κ2) is 5.29. The summed E-state index contributed by atoms with van der Waals surface area (Å²) >= 11 is 0. The van der Waals surface area contributed by atoms with Crippen molar-refractivity contribution < 1.29 is 0 Å². The van der Waals surface area contributed by atoms with Crippen molar-refractivity contribution in [2.45, 2.75) is 6.54 Å². The molecule has 0 aliphatic rings. The molecule has 0 saturated carbocycles. The van der Waals surface area contributed by atoms with Crippen LogP contribution < -0.4 is 5.32 Å². The summed E-state index contributed by atoms with van der Waals surface area (Å²) in [6, 6.07) is 8.23. The highest BCUT2D eigenvalue weighted by Crippen LogP contribution is 2.13. The monoisotopic (exact) mass is 232 g/mol. The molecule has 1 aromatic carbocycles. The van der Waals surface area contributed by atoms with Gasteiger partial charge in [0.1, 0.15) is 5.82 Å². The molecule has 4 heteroatoms. The summed E-state index contributed by atoms with van der Waals surface area (Å²) < 4.78 is 2.15. The Kier molecular flexibility index (Phi) is 3.76. The molecule has 2 aromatic rings. The minimum atomic E-state index is 0.818. The van der Waals surface area contributed by atoms with E-state index in [0.29, 0.717) is 0 Å². The largest absolute Gasteiger partial charge is 0.330 e. The van der Waals surface area contributed by atoms with E-state index < -0.39 is 0 Å². The lowest BCUT2D eigenvalue weighted by Gasteiger charge is -2.10. The van der Waals surface area contributed by atoms with Crippen molar-refractivity contribution in [1.29, 1.82) is 0 Å². The first-order valence-electron chi connectivity index (χ1n) is 5.94. The number of nitrogens with one attached hydrogen (secondary N) is 1. The quantitative estimate of drug-likeness (QED) is 0.787. The first-order valence-corrected chi connectivity index (χ1v) is 5.94. The third-order valence-electron chi connectivity index (χ3n) is 2.90. The molecule has 0 amide bonds. The molecule has 17 heavy (non-hydrogen) atoms. The maximum atomic E-state index is 4.62. The van der Waals surface area contributed by atoms with Gasteiger partial charge in [-0.3, -0.25) is 0 Å². The standard InChI is InChI=1S/C13H20N4/c1-16(2)9-8-14-10-13-15-11-6-4-5-7-12(11)17(13)3/h4-7,14H,8-10H2,1-3H3. The van der Waals surface area contributed by atoms with Crippen LogP contribution >= 0.6 is 0 Å². The number of nitrogens with zero attached hydrogens (tertiary/aromatic N) is 3. The van der Waals surface area contributed by atoms with Crippen molar-refractivity contribution in [2.75, 3.05) is 27.2 Å². The van der Waals surface area contributed by atoms with E-state index in [9.17, 15) is 0 Å². The van der Waals surface area contributed by atoms with Gasteiger partial charge in [0.05, 0.1) is 17.6 Å². The van der Waals surface area contributed by atoms with Gasteiger partial charge in [0, 0.05) is 20.1 Å². The molecule has 0 fully saturated rings. The summed E-state index contributed by atoms with van der Waals surface area (Å²) in [7, 11) is 6.23. The van der Waals surface area contributed by atoms with Crippen molar-refractivity contribution in [3.63, 3.8) is 0 Å². The van der Waals surface area contributed by atoms with Crippen molar-refractivity contribution in [3.8, 4) is 0 Å². The molecule has 1 heterocycles. The fourth-order valence-electron chi connectivity index (χ4n) is 1.86. The molecule has 1 aromatic heterocycles. The Balaban J connectivity index is 2.01. The highest BCUT2D eigenvalue weighted by Gasteiger charge is 2.05. The van der Waals surface area contributed by atoms with E-state index in [-0.39, 0.29) is 0 Å². The number of aromatic nitrogens is 2. The van der Waals surface area contributed by atoms with Crippen LogP contribution in [0.2, 0.25) is 0 Å². The summed E-state index contributed by atoms with van der Waals surface area (Å²) in [5.74, 6) is 1.09.